The Morgan fingerprint density at radius 3 is 2.44 bits per heavy atom. The van der Waals surface area contributed by atoms with E-state index in [1.807, 2.05) is 13.8 Å². The van der Waals surface area contributed by atoms with Crippen LogP contribution < -0.4 is 0 Å². The Morgan fingerprint density at radius 1 is 1.17 bits per heavy atom. The molecular weight excluding hydrogens is 230 g/mol. The highest BCUT2D eigenvalue weighted by molar-refractivity contribution is 5.86. The number of rotatable bonds is 10. The van der Waals surface area contributed by atoms with Gasteiger partial charge in [-0.15, -0.1) is 0 Å². The largest absolute Gasteiger partial charge is 0.466 e. The molecule has 0 saturated carbocycles. The van der Waals surface area contributed by atoms with Gasteiger partial charge in [0, 0.05) is 19.5 Å². The predicted octanol–water partition coefficient (Wildman–Crippen LogP) is 2.53. The van der Waals surface area contributed by atoms with Crippen LogP contribution >= 0.6 is 0 Å². The second kappa shape index (κ2) is 10.8. The number of esters is 1. The van der Waals surface area contributed by atoms with Gasteiger partial charge in [-0.1, -0.05) is 20.4 Å². The molecule has 0 unspecified atom stereocenters. The van der Waals surface area contributed by atoms with E-state index in [9.17, 15) is 9.59 Å². The minimum atomic E-state index is -0.134. The van der Waals surface area contributed by atoms with Gasteiger partial charge in [-0.05, 0) is 31.8 Å². The van der Waals surface area contributed by atoms with E-state index >= 15 is 0 Å². The second-order valence-corrected chi connectivity index (χ2v) is 4.21. The number of carbonyl (C=O) groups excluding carboxylic acids is 2. The van der Waals surface area contributed by atoms with Crippen molar-refractivity contribution in [2.75, 3.05) is 19.7 Å². The van der Waals surface area contributed by atoms with Crippen LogP contribution in [0.2, 0.25) is 0 Å². The SMILES string of the molecule is C=CC(=O)N(CCC)CCCCOC(=O)CCC. The lowest BCUT2D eigenvalue weighted by Gasteiger charge is -2.20. The summed E-state index contributed by atoms with van der Waals surface area (Å²) in [4.78, 5) is 24.4. The molecular formula is C14H25NO3. The quantitative estimate of drug-likeness (QED) is 0.342. The van der Waals surface area contributed by atoms with E-state index in [4.69, 9.17) is 4.74 Å². The van der Waals surface area contributed by atoms with Gasteiger partial charge in [0.25, 0.3) is 0 Å². The van der Waals surface area contributed by atoms with Gasteiger partial charge in [-0.25, -0.2) is 0 Å². The van der Waals surface area contributed by atoms with Crippen LogP contribution in [0.25, 0.3) is 0 Å². The highest BCUT2D eigenvalue weighted by atomic mass is 16.5. The van der Waals surface area contributed by atoms with E-state index in [2.05, 4.69) is 6.58 Å². The van der Waals surface area contributed by atoms with Crippen molar-refractivity contribution in [1.82, 2.24) is 4.90 Å². The molecule has 0 aromatic carbocycles. The molecule has 0 rings (SSSR count). The van der Waals surface area contributed by atoms with Crippen molar-refractivity contribution < 1.29 is 14.3 Å². The Morgan fingerprint density at radius 2 is 1.89 bits per heavy atom. The Labute approximate surface area is 110 Å². The first kappa shape index (κ1) is 16.7. The van der Waals surface area contributed by atoms with Gasteiger partial charge in [0.15, 0.2) is 0 Å². The molecule has 0 aliphatic carbocycles. The predicted molar refractivity (Wildman–Crippen MR) is 72.2 cm³/mol. The van der Waals surface area contributed by atoms with Gasteiger partial charge in [-0.2, -0.15) is 0 Å². The van der Waals surface area contributed by atoms with Gasteiger partial charge < -0.3 is 9.64 Å². The van der Waals surface area contributed by atoms with Crippen LogP contribution in [0.1, 0.15) is 46.0 Å². The Hall–Kier alpha value is -1.32. The van der Waals surface area contributed by atoms with Crippen molar-refractivity contribution in [2.45, 2.75) is 46.0 Å². The average Bonchev–Trinajstić information content (AvgIpc) is 2.36. The van der Waals surface area contributed by atoms with Crippen molar-refractivity contribution in [3.8, 4) is 0 Å². The molecule has 0 aliphatic rings. The van der Waals surface area contributed by atoms with Gasteiger partial charge in [0.2, 0.25) is 5.91 Å². The Bertz CT molecular complexity index is 264. The van der Waals surface area contributed by atoms with E-state index in [1.54, 1.807) is 4.90 Å². The van der Waals surface area contributed by atoms with Crippen LogP contribution in [0.4, 0.5) is 0 Å². The summed E-state index contributed by atoms with van der Waals surface area (Å²) in [5, 5.41) is 0. The summed E-state index contributed by atoms with van der Waals surface area (Å²) in [7, 11) is 0. The maximum absolute atomic E-state index is 11.5. The highest BCUT2D eigenvalue weighted by Crippen LogP contribution is 2.00. The molecule has 0 aromatic rings. The van der Waals surface area contributed by atoms with Crippen molar-refractivity contribution in [3.05, 3.63) is 12.7 Å². The molecule has 0 radical (unpaired) electrons. The lowest BCUT2D eigenvalue weighted by molar-refractivity contribution is -0.144. The molecule has 18 heavy (non-hydrogen) atoms. The summed E-state index contributed by atoms with van der Waals surface area (Å²) < 4.78 is 5.05. The summed E-state index contributed by atoms with van der Waals surface area (Å²) >= 11 is 0. The van der Waals surface area contributed by atoms with Gasteiger partial charge in [-0.3, -0.25) is 9.59 Å². The van der Waals surface area contributed by atoms with E-state index in [0.29, 0.717) is 19.6 Å². The van der Waals surface area contributed by atoms with Gasteiger partial charge in [0.05, 0.1) is 6.61 Å². The Kier molecular flexibility index (Phi) is 10.0. The summed E-state index contributed by atoms with van der Waals surface area (Å²) in [6, 6.07) is 0. The monoisotopic (exact) mass is 255 g/mol. The summed E-state index contributed by atoms with van der Waals surface area (Å²) in [6.45, 7) is 9.37. The molecule has 104 valence electrons. The van der Waals surface area contributed by atoms with Crippen LogP contribution in [0.3, 0.4) is 0 Å². The third-order valence-corrected chi connectivity index (χ3v) is 2.52. The first-order valence-corrected chi connectivity index (χ1v) is 6.72. The molecule has 0 N–H and O–H groups in total. The number of hydrogen-bond donors (Lipinski definition) is 0. The summed E-state index contributed by atoms with van der Waals surface area (Å²) in [6.07, 6.45) is 5.22. The number of ether oxygens (including phenoxy) is 1. The number of nitrogens with zero attached hydrogens (tertiary/aromatic N) is 1. The zero-order valence-electron chi connectivity index (χ0n) is 11.6. The molecule has 0 atom stereocenters. The lowest BCUT2D eigenvalue weighted by Crippen LogP contribution is -2.31. The third-order valence-electron chi connectivity index (χ3n) is 2.52. The van der Waals surface area contributed by atoms with Gasteiger partial charge >= 0.3 is 5.97 Å². The topological polar surface area (TPSA) is 46.6 Å². The smallest absolute Gasteiger partial charge is 0.305 e. The number of amides is 1. The molecule has 0 aliphatic heterocycles. The van der Waals surface area contributed by atoms with E-state index in [1.165, 1.54) is 6.08 Å². The molecule has 0 spiro atoms. The summed E-state index contributed by atoms with van der Waals surface area (Å²) in [5.74, 6) is -0.162. The molecule has 0 bridgehead atoms. The van der Waals surface area contributed by atoms with E-state index in [0.717, 1.165) is 32.2 Å². The summed E-state index contributed by atoms with van der Waals surface area (Å²) in [5.41, 5.74) is 0. The number of unbranched alkanes of at least 4 members (excludes halogenated alkanes) is 1. The Balaban J connectivity index is 3.70. The minimum absolute atomic E-state index is 0.0279. The molecule has 0 heterocycles. The van der Waals surface area contributed by atoms with Crippen LogP contribution in [-0.2, 0) is 14.3 Å². The first-order valence-electron chi connectivity index (χ1n) is 6.72. The lowest BCUT2D eigenvalue weighted by atomic mass is 10.2. The van der Waals surface area contributed by atoms with Gasteiger partial charge in [0.1, 0.15) is 0 Å². The van der Waals surface area contributed by atoms with Crippen molar-refractivity contribution in [1.29, 1.82) is 0 Å². The van der Waals surface area contributed by atoms with Crippen LogP contribution in [0.5, 0.6) is 0 Å². The number of carbonyl (C=O) groups is 2. The maximum atomic E-state index is 11.5. The second-order valence-electron chi connectivity index (χ2n) is 4.21. The standard InChI is InChI=1S/C14H25NO3/c1-4-9-14(17)18-12-8-7-11-15(10-5-2)13(16)6-3/h6H,3-5,7-12H2,1-2H3. The molecule has 4 nitrogen and oxygen atoms in total. The van der Waals surface area contributed by atoms with Crippen molar-refractivity contribution in [2.24, 2.45) is 0 Å². The molecule has 0 saturated heterocycles. The molecule has 1 amide bonds. The molecule has 0 aromatic heterocycles. The average molecular weight is 255 g/mol. The van der Waals surface area contributed by atoms with E-state index in [-0.39, 0.29) is 11.9 Å². The van der Waals surface area contributed by atoms with E-state index < -0.39 is 0 Å². The highest BCUT2D eigenvalue weighted by Gasteiger charge is 2.08. The first-order chi connectivity index (χ1) is 8.65. The molecule has 0 fully saturated rings. The zero-order valence-corrected chi connectivity index (χ0v) is 11.6. The maximum Gasteiger partial charge on any atom is 0.305 e. The normalized spacial score (nSPS) is 9.89. The fourth-order valence-corrected chi connectivity index (χ4v) is 1.60. The molecule has 4 heteroatoms. The van der Waals surface area contributed by atoms with Crippen molar-refractivity contribution in [3.63, 3.8) is 0 Å². The van der Waals surface area contributed by atoms with Crippen molar-refractivity contribution >= 4 is 11.9 Å². The van der Waals surface area contributed by atoms with Crippen LogP contribution in [-0.4, -0.2) is 36.5 Å². The third kappa shape index (κ3) is 7.87. The van der Waals surface area contributed by atoms with Crippen LogP contribution in [0, 0.1) is 0 Å². The fraction of sp³-hybridized carbons (Fsp3) is 0.714. The minimum Gasteiger partial charge on any atom is -0.466 e. The zero-order chi connectivity index (χ0) is 13.8. The fourth-order valence-electron chi connectivity index (χ4n) is 1.60. The number of hydrogen-bond acceptors (Lipinski definition) is 3. The van der Waals surface area contributed by atoms with Crippen LogP contribution in [0.15, 0.2) is 12.7 Å².